The number of benzene rings is 1. The molecule has 2 amide bonds. The first-order valence-corrected chi connectivity index (χ1v) is 10.0. The van der Waals surface area contributed by atoms with Crippen LogP contribution in [0.5, 0.6) is 0 Å². The maximum atomic E-state index is 12.8. The first-order valence-electron chi connectivity index (χ1n) is 9.15. The second kappa shape index (κ2) is 7.93. The maximum Gasteiger partial charge on any atom is 0.263 e. The van der Waals surface area contributed by atoms with E-state index in [0.29, 0.717) is 43.3 Å². The SMILES string of the molecule is Cc1nc(-c2ccccc2NC(=O)C2CCN(C(=O)c3cccs3)CC2)no1. The molecule has 0 aliphatic carbocycles. The van der Waals surface area contributed by atoms with Crippen LogP contribution in [0.1, 0.15) is 28.4 Å². The number of hydrogen-bond acceptors (Lipinski definition) is 6. The second-order valence-corrected chi connectivity index (χ2v) is 7.66. The fourth-order valence-electron chi connectivity index (χ4n) is 3.33. The summed E-state index contributed by atoms with van der Waals surface area (Å²) in [4.78, 5) is 32.0. The number of anilines is 1. The minimum absolute atomic E-state index is 0.0455. The van der Waals surface area contributed by atoms with Crippen molar-refractivity contribution in [3.05, 3.63) is 52.5 Å². The fourth-order valence-corrected chi connectivity index (χ4v) is 4.02. The first-order chi connectivity index (χ1) is 13.6. The summed E-state index contributed by atoms with van der Waals surface area (Å²) in [5.41, 5.74) is 1.38. The molecule has 1 fully saturated rings. The summed E-state index contributed by atoms with van der Waals surface area (Å²) in [7, 11) is 0. The Hall–Kier alpha value is -3.00. The van der Waals surface area contributed by atoms with Crippen molar-refractivity contribution in [2.24, 2.45) is 5.92 Å². The number of aromatic nitrogens is 2. The highest BCUT2D eigenvalue weighted by Crippen LogP contribution is 2.27. The molecule has 28 heavy (non-hydrogen) atoms. The van der Waals surface area contributed by atoms with Crippen LogP contribution in [-0.4, -0.2) is 39.9 Å². The number of hydrogen-bond donors (Lipinski definition) is 1. The number of nitrogens with one attached hydrogen (secondary N) is 1. The molecule has 0 bridgehead atoms. The van der Waals surface area contributed by atoms with Gasteiger partial charge in [-0.25, -0.2) is 0 Å². The number of nitrogens with zero attached hydrogens (tertiary/aromatic N) is 3. The molecular formula is C20H20N4O3S. The van der Waals surface area contributed by atoms with Crippen molar-refractivity contribution in [2.75, 3.05) is 18.4 Å². The van der Waals surface area contributed by atoms with Gasteiger partial charge in [0.25, 0.3) is 5.91 Å². The lowest BCUT2D eigenvalue weighted by molar-refractivity contribution is -0.121. The van der Waals surface area contributed by atoms with Crippen molar-refractivity contribution in [1.29, 1.82) is 0 Å². The highest BCUT2D eigenvalue weighted by atomic mass is 32.1. The Morgan fingerprint density at radius 1 is 1.18 bits per heavy atom. The standard InChI is InChI=1S/C20H20N4O3S/c1-13-21-18(23-27-13)15-5-2-3-6-16(15)22-19(25)14-8-10-24(11-9-14)20(26)17-7-4-12-28-17/h2-7,12,14H,8-11H2,1H3,(H,22,25). The fraction of sp³-hybridized carbons (Fsp3) is 0.300. The number of piperidine rings is 1. The van der Waals surface area contributed by atoms with E-state index < -0.39 is 0 Å². The third kappa shape index (κ3) is 3.82. The lowest BCUT2D eigenvalue weighted by atomic mass is 9.95. The van der Waals surface area contributed by atoms with Crippen molar-refractivity contribution >= 4 is 28.8 Å². The monoisotopic (exact) mass is 396 g/mol. The van der Waals surface area contributed by atoms with E-state index in [1.807, 2.05) is 46.7 Å². The molecular weight excluding hydrogens is 376 g/mol. The largest absolute Gasteiger partial charge is 0.339 e. The van der Waals surface area contributed by atoms with Crippen LogP contribution in [0.4, 0.5) is 5.69 Å². The zero-order valence-electron chi connectivity index (χ0n) is 15.4. The van der Waals surface area contributed by atoms with Gasteiger partial charge in [-0.15, -0.1) is 11.3 Å². The van der Waals surface area contributed by atoms with E-state index in [1.54, 1.807) is 6.92 Å². The topological polar surface area (TPSA) is 88.3 Å². The maximum absolute atomic E-state index is 12.8. The Bertz CT molecular complexity index is 975. The van der Waals surface area contributed by atoms with Gasteiger partial charge in [0.05, 0.1) is 10.6 Å². The van der Waals surface area contributed by atoms with Crippen LogP contribution in [0, 0.1) is 12.8 Å². The van der Waals surface area contributed by atoms with Crippen LogP contribution in [0.3, 0.4) is 0 Å². The minimum Gasteiger partial charge on any atom is -0.339 e. The summed E-state index contributed by atoms with van der Waals surface area (Å²) in [6.07, 6.45) is 1.29. The normalized spacial score (nSPS) is 14.8. The molecule has 1 N–H and O–H groups in total. The summed E-state index contributed by atoms with van der Waals surface area (Å²) in [5.74, 6) is 0.790. The number of aryl methyl sites for hydroxylation is 1. The molecule has 0 radical (unpaired) electrons. The molecule has 0 atom stereocenters. The molecule has 4 rings (SSSR count). The summed E-state index contributed by atoms with van der Waals surface area (Å²) >= 11 is 1.44. The predicted octanol–water partition coefficient (Wildman–Crippen LogP) is 3.60. The van der Waals surface area contributed by atoms with E-state index in [-0.39, 0.29) is 17.7 Å². The number of likely N-dealkylation sites (tertiary alicyclic amines) is 1. The summed E-state index contributed by atoms with van der Waals surface area (Å²) in [5, 5.41) is 8.84. The molecule has 0 spiro atoms. The molecule has 0 unspecified atom stereocenters. The Balaban J connectivity index is 1.40. The summed E-state index contributed by atoms with van der Waals surface area (Å²) < 4.78 is 5.05. The molecule has 144 valence electrons. The number of carbonyl (C=O) groups excluding carboxylic acids is 2. The zero-order valence-corrected chi connectivity index (χ0v) is 16.2. The van der Waals surface area contributed by atoms with Gasteiger partial charge in [-0.3, -0.25) is 9.59 Å². The van der Waals surface area contributed by atoms with Gasteiger partial charge in [-0.1, -0.05) is 23.4 Å². The van der Waals surface area contributed by atoms with Gasteiger partial charge in [0.2, 0.25) is 17.6 Å². The molecule has 1 saturated heterocycles. The molecule has 1 aromatic carbocycles. The first kappa shape index (κ1) is 18.4. The second-order valence-electron chi connectivity index (χ2n) is 6.72. The van der Waals surface area contributed by atoms with Crippen molar-refractivity contribution in [1.82, 2.24) is 15.0 Å². The van der Waals surface area contributed by atoms with Crippen molar-refractivity contribution < 1.29 is 14.1 Å². The quantitative estimate of drug-likeness (QED) is 0.728. The molecule has 8 heteroatoms. The molecule has 2 aromatic heterocycles. The Kier molecular flexibility index (Phi) is 5.21. The van der Waals surface area contributed by atoms with E-state index in [9.17, 15) is 9.59 Å². The van der Waals surface area contributed by atoms with Crippen LogP contribution in [0.15, 0.2) is 46.3 Å². The van der Waals surface area contributed by atoms with Crippen molar-refractivity contribution in [3.63, 3.8) is 0 Å². The van der Waals surface area contributed by atoms with Gasteiger partial charge >= 0.3 is 0 Å². The minimum atomic E-state index is -0.132. The third-order valence-corrected chi connectivity index (χ3v) is 5.70. The Labute approximate surface area is 166 Å². The number of carbonyl (C=O) groups is 2. The number of thiophene rings is 1. The van der Waals surface area contributed by atoms with E-state index >= 15 is 0 Å². The summed E-state index contributed by atoms with van der Waals surface area (Å²) in [6, 6.07) is 11.1. The molecule has 3 aromatic rings. The molecule has 7 nitrogen and oxygen atoms in total. The van der Waals surface area contributed by atoms with Crippen LogP contribution in [-0.2, 0) is 4.79 Å². The average molecular weight is 396 g/mol. The van der Waals surface area contributed by atoms with E-state index in [1.165, 1.54) is 11.3 Å². The van der Waals surface area contributed by atoms with Crippen LogP contribution in [0.25, 0.3) is 11.4 Å². The van der Waals surface area contributed by atoms with E-state index in [0.717, 1.165) is 10.4 Å². The average Bonchev–Trinajstić information content (AvgIpc) is 3.40. The zero-order chi connectivity index (χ0) is 19.5. The highest BCUT2D eigenvalue weighted by Gasteiger charge is 2.28. The van der Waals surface area contributed by atoms with E-state index in [4.69, 9.17) is 4.52 Å². The van der Waals surface area contributed by atoms with Crippen LogP contribution >= 0.6 is 11.3 Å². The number of amides is 2. The third-order valence-electron chi connectivity index (χ3n) is 4.84. The molecule has 0 saturated carbocycles. The molecule has 1 aliphatic rings. The van der Waals surface area contributed by atoms with Crippen LogP contribution in [0.2, 0.25) is 0 Å². The van der Waals surface area contributed by atoms with Crippen molar-refractivity contribution in [3.8, 4) is 11.4 Å². The molecule has 1 aliphatic heterocycles. The van der Waals surface area contributed by atoms with Crippen molar-refractivity contribution in [2.45, 2.75) is 19.8 Å². The lowest BCUT2D eigenvalue weighted by Crippen LogP contribution is -2.41. The van der Waals surface area contributed by atoms with Gasteiger partial charge < -0.3 is 14.7 Å². The Morgan fingerprint density at radius 2 is 1.96 bits per heavy atom. The van der Waals surface area contributed by atoms with Gasteiger partial charge in [0.1, 0.15) is 0 Å². The predicted molar refractivity (Wildman–Crippen MR) is 106 cm³/mol. The lowest BCUT2D eigenvalue weighted by Gasteiger charge is -2.31. The van der Waals surface area contributed by atoms with Gasteiger partial charge in [-0.2, -0.15) is 4.98 Å². The van der Waals surface area contributed by atoms with Gasteiger partial charge in [0.15, 0.2) is 0 Å². The van der Waals surface area contributed by atoms with E-state index in [2.05, 4.69) is 15.5 Å². The molecule has 3 heterocycles. The smallest absolute Gasteiger partial charge is 0.263 e. The Morgan fingerprint density at radius 3 is 2.64 bits per heavy atom. The highest BCUT2D eigenvalue weighted by molar-refractivity contribution is 7.12. The van der Waals surface area contributed by atoms with Crippen LogP contribution < -0.4 is 5.32 Å². The summed E-state index contributed by atoms with van der Waals surface area (Å²) in [6.45, 7) is 2.89. The van der Waals surface area contributed by atoms with Gasteiger partial charge in [0, 0.05) is 31.5 Å². The van der Waals surface area contributed by atoms with Gasteiger partial charge in [-0.05, 0) is 36.4 Å². The number of rotatable bonds is 4. The number of para-hydroxylation sites is 1.